The van der Waals surface area contributed by atoms with Crippen LogP contribution in [-0.4, -0.2) is 31.7 Å². The molecular formula is C22H23NO5. The molecule has 28 heavy (non-hydrogen) atoms. The quantitative estimate of drug-likeness (QED) is 0.771. The zero-order valence-corrected chi connectivity index (χ0v) is 16.0. The van der Waals surface area contributed by atoms with Crippen LogP contribution in [0.25, 0.3) is 11.1 Å². The van der Waals surface area contributed by atoms with Gasteiger partial charge in [-0.1, -0.05) is 30.3 Å². The van der Waals surface area contributed by atoms with Crippen molar-refractivity contribution >= 4 is 12.4 Å². The number of carboxylic acid groups (broad SMARTS) is 1. The summed E-state index contributed by atoms with van der Waals surface area (Å²) in [6, 6.07) is 11.5. The fraction of sp³-hybridized carbons (Fsp3) is 0.364. The number of carbonyl (C=O) groups excluding carboxylic acids is 1. The molecule has 2 aliphatic carbocycles. The van der Waals surface area contributed by atoms with Gasteiger partial charge in [0.2, 0.25) is 0 Å². The molecule has 6 heteroatoms. The summed E-state index contributed by atoms with van der Waals surface area (Å²) in [7, 11) is 3.20. The molecule has 2 aliphatic rings. The highest BCUT2D eigenvalue weighted by Crippen LogP contribution is 2.63. The van der Waals surface area contributed by atoms with E-state index in [1.165, 1.54) is 0 Å². The molecule has 2 aromatic rings. The number of nitrogens with one attached hydrogen (secondary N) is 1. The summed E-state index contributed by atoms with van der Waals surface area (Å²) in [5, 5.41) is 12.0. The van der Waals surface area contributed by atoms with Crippen LogP contribution < -0.4 is 14.8 Å². The van der Waals surface area contributed by atoms with Crippen LogP contribution in [-0.2, 0) is 16.8 Å². The Morgan fingerprint density at radius 1 is 1.14 bits per heavy atom. The van der Waals surface area contributed by atoms with E-state index in [0.29, 0.717) is 11.5 Å². The predicted molar refractivity (Wildman–Crippen MR) is 104 cm³/mol. The smallest absolute Gasteiger partial charge is 0.405 e. The lowest BCUT2D eigenvalue weighted by Gasteiger charge is -2.42. The van der Waals surface area contributed by atoms with Gasteiger partial charge in [-0.15, -0.1) is 0 Å². The molecule has 0 heterocycles. The van der Waals surface area contributed by atoms with E-state index in [9.17, 15) is 14.7 Å². The monoisotopic (exact) mass is 381 g/mol. The number of methoxy groups -OCH3 is 2. The Bertz CT molecular complexity index is 950. The highest BCUT2D eigenvalue weighted by Gasteiger charge is 2.63. The van der Waals surface area contributed by atoms with Crippen LogP contribution in [0.3, 0.4) is 0 Å². The van der Waals surface area contributed by atoms with Crippen LogP contribution in [0.1, 0.15) is 30.4 Å². The van der Waals surface area contributed by atoms with E-state index in [0.717, 1.165) is 54.2 Å². The number of hydrogen-bond donors (Lipinski definition) is 2. The number of ether oxygens (including phenoxy) is 2. The minimum atomic E-state index is -1.18. The molecular weight excluding hydrogens is 358 g/mol. The second-order valence-electron chi connectivity index (χ2n) is 7.55. The number of hydrogen-bond acceptors (Lipinski definition) is 4. The predicted octanol–water partition coefficient (Wildman–Crippen LogP) is 3.76. The first-order valence-electron chi connectivity index (χ1n) is 9.32. The molecule has 1 amide bonds. The highest BCUT2D eigenvalue weighted by molar-refractivity contribution is 5.82. The Kier molecular flexibility index (Phi) is 4.29. The molecule has 1 spiro atoms. The Morgan fingerprint density at radius 2 is 1.93 bits per heavy atom. The standard InChI is InChI=1S/C22H23NO5/c1-27-18-5-3-4-16(19(18)28-2)14-6-7-17-15(12-14)8-9-21(10-11-21)22(17,13-24)23-20(25)26/h3-7,12-13,23H,8-11H2,1-2H3,(H,25,26)/t22-/m1/s1. The van der Waals surface area contributed by atoms with Crippen LogP contribution in [0, 0.1) is 5.41 Å². The van der Waals surface area contributed by atoms with E-state index in [1.54, 1.807) is 14.2 Å². The third-order valence-corrected chi connectivity index (χ3v) is 6.29. The van der Waals surface area contributed by atoms with Gasteiger partial charge in [0.1, 0.15) is 5.54 Å². The average molecular weight is 381 g/mol. The first-order valence-corrected chi connectivity index (χ1v) is 9.32. The van der Waals surface area contributed by atoms with Gasteiger partial charge in [0, 0.05) is 11.0 Å². The third-order valence-electron chi connectivity index (χ3n) is 6.29. The fourth-order valence-corrected chi connectivity index (χ4v) is 4.71. The van der Waals surface area contributed by atoms with Crippen LogP contribution in [0.5, 0.6) is 11.5 Å². The Hall–Kier alpha value is -3.02. The maximum absolute atomic E-state index is 12.2. The number of benzene rings is 2. The lowest BCUT2D eigenvalue weighted by Crippen LogP contribution is -2.55. The molecule has 0 saturated heterocycles. The summed E-state index contributed by atoms with van der Waals surface area (Å²) >= 11 is 0. The Labute approximate surface area is 163 Å². The molecule has 1 fully saturated rings. The van der Waals surface area contributed by atoms with Crippen LogP contribution in [0.4, 0.5) is 4.79 Å². The van der Waals surface area contributed by atoms with Crippen LogP contribution in [0.2, 0.25) is 0 Å². The number of fused-ring (bicyclic) bond motifs is 1. The van der Waals surface area contributed by atoms with Gasteiger partial charge in [0.15, 0.2) is 17.8 Å². The fourth-order valence-electron chi connectivity index (χ4n) is 4.71. The van der Waals surface area contributed by atoms with Crippen molar-refractivity contribution < 1.29 is 24.2 Å². The van der Waals surface area contributed by atoms with Crippen molar-refractivity contribution in [3.8, 4) is 22.6 Å². The minimum absolute atomic E-state index is 0.296. The average Bonchev–Trinajstić information content (AvgIpc) is 3.50. The number of carbonyl (C=O) groups is 2. The second-order valence-corrected chi connectivity index (χ2v) is 7.55. The topological polar surface area (TPSA) is 84.9 Å². The van der Waals surface area contributed by atoms with E-state index in [1.807, 2.05) is 36.4 Å². The van der Waals surface area contributed by atoms with Gasteiger partial charge in [-0.25, -0.2) is 4.79 Å². The molecule has 0 aromatic heterocycles. The zero-order chi connectivity index (χ0) is 19.9. The number of rotatable bonds is 5. The molecule has 0 bridgehead atoms. The lowest BCUT2D eigenvalue weighted by molar-refractivity contribution is -0.116. The lowest BCUT2D eigenvalue weighted by atomic mass is 9.67. The van der Waals surface area contributed by atoms with Gasteiger partial charge in [0.25, 0.3) is 0 Å². The molecule has 0 aliphatic heterocycles. The van der Waals surface area contributed by atoms with E-state index in [4.69, 9.17) is 9.47 Å². The van der Waals surface area contributed by atoms with Crippen molar-refractivity contribution in [2.24, 2.45) is 5.41 Å². The van der Waals surface area contributed by atoms with E-state index < -0.39 is 11.6 Å². The number of aryl methyl sites for hydroxylation is 1. The van der Waals surface area contributed by atoms with Crippen LogP contribution in [0.15, 0.2) is 36.4 Å². The first kappa shape index (κ1) is 18.3. The normalized spacial score (nSPS) is 21.5. The maximum atomic E-state index is 12.2. The van der Waals surface area contributed by atoms with E-state index in [2.05, 4.69) is 5.32 Å². The molecule has 1 atom stereocenters. The molecule has 6 nitrogen and oxygen atoms in total. The summed E-state index contributed by atoms with van der Waals surface area (Å²) in [5.74, 6) is 1.29. The Balaban J connectivity index is 1.84. The third kappa shape index (κ3) is 2.55. The summed E-state index contributed by atoms with van der Waals surface area (Å²) in [6.45, 7) is 0. The summed E-state index contributed by atoms with van der Waals surface area (Å²) in [6.07, 6.45) is 2.93. The van der Waals surface area contributed by atoms with Gasteiger partial charge in [-0.3, -0.25) is 0 Å². The molecule has 0 radical (unpaired) electrons. The van der Waals surface area contributed by atoms with Gasteiger partial charge in [0.05, 0.1) is 14.2 Å². The van der Waals surface area contributed by atoms with Crippen molar-refractivity contribution in [1.29, 1.82) is 0 Å². The first-order chi connectivity index (χ1) is 13.5. The van der Waals surface area contributed by atoms with Gasteiger partial charge < -0.3 is 24.7 Å². The van der Waals surface area contributed by atoms with E-state index >= 15 is 0 Å². The van der Waals surface area contributed by atoms with Gasteiger partial charge in [-0.2, -0.15) is 0 Å². The van der Waals surface area contributed by atoms with Crippen molar-refractivity contribution in [3.05, 3.63) is 47.5 Å². The number of aldehydes is 1. The van der Waals surface area contributed by atoms with Gasteiger partial charge in [-0.05, 0) is 48.4 Å². The zero-order valence-electron chi connectivity index (χ0n) is 16.0. The SMILES string of the molecule is COc1cccc(-c2ccc3c(c2)CCC2(CC2)[C@]3(C=O)NC(=O)O)c1OC. The molecule has 2 aromatic carbocycles. The molecule has 1 saturated carbocycles. The van der Waals surface area contributed by atoms with Crippen LogP contribution >= 0.6 is 0 Å². The van der Waals surface area contributed by atoms with Crippen molar-refractivity contribution in [2.45, 2.75) is 31.2 Å². The molecule has 4 rings (SSSR count). The summed E-state index contributed by atoms with van der Waals surface area (Å²) in [5.41, 5.74) is 2.11. The molecule has 146 valence electrons. The summed E-state index contributed by atoms with van der Waals surface area (Å²) < 4.78 is 10.9. The number of amides is 1. The number of para-hydroxylation sites is 1. The molecule has 2 N–H and O–H groups in total. The van der Waals surface area contributed by atoms with Crippen molar-refractivity contribution in [3.63, 3.8) is 0 Å². The summed E-state index contributed by atoms with van der Waals surface area (Å²) in [4.78, 5) is 23.7. The highest BCUT2D eigenvalue weighted by atomic mass is 16.5. The maximum Gasteiger partial charge on any atom is 0.405 e. The largest absolute Gasteiger partial charge is 0.493 e. The second kappa shape index (κ2) is 6.55. The van der Waals surface area contributed by atoms with Gasteiger partial charge >= 0.3 is 6.09 Å². The van der Waals surface area contributed by atoms with E-state index in [-0.39, 0.29) is 5.41 Å². The molecule has 0 unspecified atom stereocenters. The van der Waals surface area contributed by atoms with Crippen molar-refractivity contribution in [1.82, 2.24) is 5.32 Å². The minimum Gasteiger partial charge on any atom is -0.493 e. The van der Waals surface area contributed by atoms with Crippen molar-refractivity contribution in [2.75, 3.05) is 14.2 Å². The Morgan fingerprint density at radius 3 is 2.54 bits per heavy atom.